The second-order valence-electron chi connectivity index (χ2n) is 4.19. The molecule has 0 saturated carbocycles. The van der Waals surface area contributed by atoms with E-state index in [0.717, 1.165) is 11.1 Å². The van der Waals surface area contributed by atoms with Gasteiger partial charge in [-0.1, -0.05) is 18.2 Å². The van der Waals surface area contributed by atoms with Gasteiger partial charge in [0.1, 0.15) is 0 Å². The molecule has 2 aromatic rings. The number of aromatic amines is 1. The van der Waals surface area contributed by atoms with Crippen LogP contribution < -0.4 is 0 Å². The number of benzene rings is 1. The quantitative estimate of drug-likeness (QED) is 0.485. The van der Waals surface area contributed by atoms with E-state index in [4.69, 9.17) is 5.11 Å². The molecule has 0 radical (unpaired) electrons. The molecule has 2 N–H and O–H groups in total. The van der Waals surface area contributed by atoms with E-state index >= 15 is 0 Å². The summed E-state index contributed by atoms with van der Waals surface area (Å²) in [5.41, 5.74) is 2.14. The summed E-state index contributed by atoms with van der Waals surface area (Å²) in [6.07, 6.45) is 2.88. The van der Waals surface area contributed by atoms with Crippen LogP contribution >= 0.6 is 0 Å². The van der Waals surface area contributed by atoms with E-state index in [2.05, 4.69) is 9.72 Å². The monoisotopic (exact) mass is 261 g/mol. The van der Waals surface area contributed by atoms with Crippen LogP contribution in [0.3, 0.4) is 0 Å². The molecule has 0 amide bonds. The van der Waals surface area contributed by atoms with E-state index in [0.29, 0.717) is 23.8 Å². The number of H-pyrrole nitrogens is 1. The van der Waals surface area contributed by atoms with E-state index in [1.807, 2.05) is 12.1 Å². The zero-order chi connectivity index (χ0) is 13.8. The van der Waals surface area contributed by atoms with Crippen LogP contribution in [0.5, 0.6) is 0 Å². The number of rotatable bonds is 5. The van der Waals surface area contributed by atoms with Crippen LogP contribution in [0, 0.1) is 0 Å². The summed E-state index contributed by atoms with van der Waals surface area (Å²) in [7, 11) is 1.18. The van der Waals surface area contributed by atoms with E-state index in [1.54, 1.807) is 6.07 Å². The standard InChI is InChI=1S/C14H15NO4/c1-19-14(18)13(17)11-8-15-12-9(5-3-7-16)4-2-6-10(11)12/h2,4,6,8,15-16H,3,5,7H2,1H3. The highest BCUT2D eigenvalue weighted by Crippen LogP contribution is 2.23. The van der Waals surface area contributed by atoms with Gasteiger partial charge in [-0.2, -0.15) is 0 Å². The van der Waals surface area contributed by atoms with Crippen LogP contribution in [0.15, 0.2) is 24.4 Å². The van der Waals surface area contributed by atoms with Gasteiger partial charge in [-0.3, -0.25) is 4.79 Å². The Balaban J connectivity index is 2.44. The Morgan fingerprint density at radius 2 is 2.16 bits per heavy atom. The van der Waals surface area contributed by atoms with Crippen molar-refractivity contribution in [1.29, 1.82) is 0 Å². The van der Waals surface area contributed by atoms with Gasteiger partial charge < -0.3 is 14.8 Å². The van der Waals surface area contributed by atoms with Crippen LogP contribution in [-0.4, -0.2) is 35.6 Å². The normalized spacial score (nSPS) is 10.6. The second-order valence-corrected chi connectivity index (χ2v) is 4.19. The van der Waals surface area contributed by atoms with Crippen molar-refractivity contribution in [2.24, 2.45) is 0 Å². The maximum atomic E-state index is 11.8. The maximum Gasteiger partial charge on any atom is 0.379 e. The molecule has 5 nitrogen and oxygen atoms in total. The van der Waals surface area contributed by atoms with Gasteiger partial charge in [0.05, 0.1) is 12.7 Å². The fraction of sp³-hybridized carbons (Fsp3) is 0.286. The maximum absolute atomic E-state index is 11.8. The zero-order valence-electron chi connectivity index (χ0n) is 10.6. The Morgan fingerprint density at radius 1 is 1.37 bits per heavy atom. The SMILES string of the molecule is COC(=O)C(=O)c1c[nH]c2c(CCCO)cccc12. The van der Waals surface area contributed by atoms with Gasteiger partial charge in [0.25, 0.3) is 5.78 Å². The number of methoxy groups -OCH3 is 1. The van der Waals surface area contributed by atoms with Crippen LogP contribution in [0.1, 0.15) is 22.3 Å². The highest BCUT2D eigenvalue weighted by atomic mass is 16.5. The van der Waals surface area contributed by atoms with Crippen molar-refractivity contribution in [3.8, 4) is 0 Å². The van der Waals surface area contributed by atoms with Gasteiger partial charge in [-0.25, -0.2) is 4.79 Å². The lowest BCUT2D eigenvalue weighted by Crippen LogP contribution is -2.15. The number of aliphatic hydroxyl groups excluding tert-OH is 1. The van der Waals surface area contributed by atoms with E-state index in [1.165, 1.54) is 13.3 Å². The third-order valence-electron chi connectivity index (χ3n) is 3.02. The molecule has 0 aliphatic carbocycles. The van der Waals surface area contributed by atoms with Crippen LogP contribution in [-0.2, 0) is 16.0 Å². The molecule has 0 fully saturated rings. The Hall–Kier alpha value is -2.14. The smallest absolute Gasteiger partial charge is 0.379 e. The van der Waals surface area contributed by atoms with Crippen molar-refractivity contribution in [3.05, 3.63) is 35.5 Å². The van der Waals surface area contributed by atoms with Gasteiger partial charge in [-0.05, 0) is 18.4 Å². The van der Waals surface area contributed by atoms with Gasteiger partial charge in [0.2, 0.25) is 0 Å². The number of esters is 1. The molecule has 0 spiro atoms. The molecule has 19 heavy (non-hydrogen) atoms. The van der Waals surface area contributed by atoms with E-state index in [9.17, 15) is 9.59 Å². The lowest BCUT2D eigenvalue weighted by Gasteiger charge is -2.02. The Kier molecular flexibility index (Phi) is 3.97. The number of nitrogens with one attached hydrogen (secondary N) is 1. The number of hydrogen-bond acceptors (Lipinski definition) is 4. The predicted molar refractivity (Wildman–Crippen MR) is 70.1 cm³/mol. The number of carbonyl (C=O) groups excluding carboxylic acids is 2. The highest BCUT2D eigenvalue weighted by Gasteiger charge is 2.20. The summed E-state index contributed by atoms with van der Waals surface area (Å²) in [4.78, 5) is 26.1. The Labute approximate surface area is 110 Å². The van der Waals surface area contributed by atoms with Crippen LogP contribution in [0.25, 0.3) is 10.9 Å². The van der Waals surface area contributed by atoms with Crippen molar-refractivity contribution in [1.82, 2.24) is 4.98 Å². The molecule has 0 unspecified atom stereocenters. The average Bonchev–Trinajstić information content (AvgIpc) is 2.87. The molecule has 0 aliphatic rings. The summed E-state index contributed by atoms with van der Waals surface area (Å²) in [6, 6.07) is 5.54. The summed E-state index contributed by atoms with van der Waals surface area (Å²) >= 11 is 0. The molecule has 2 rings (SSSR count). The van der Waals surface area contributed by atoms with E-state index in [-0.39, 0.29) is 6.61 Å². The van der Waals surface area contributed by atoms with Gasteiger partial charge >= 0.3 is 5.97 Å². The van der Waals surface area contributed by atoms with Crippen molar-refractivity contribution in [2.45, 2.75) is 12.8 Å². The first kappa shape index (κ1) is 13.3. The molecule has 1 heterocycles. The number of fused-ring (bicyclic) bond motifs is 1. The minimum Gasteiger partial charge on any atom is -0.463 e. The Bertz CT molecular complexity index is 615. The molecule has 5 heteroatoms. The van der Waals surface area contributed by atoms with Crippen molar-refractivity contribution >= 4 is 22.7 Å². The average molecular weight is 261 g/mol. The second kappa shape index (κ2) is 5.67. The Morgan fingerprint density at radius 3 is 2.84 bits per heavy atom. The van der Waals surface area contributed by atoms with Crippen LogP contribution in [0.2, 0.25) is 0 Å². The molecule has 1 aromatic carbocycles. The van der Waals surface area contributed by atoms with E-state index < -0.39 is 11.8 Å². The molecular weight excluding hydrogens is 246 g/mol. The summed E-state index contributed by atoms with van der Waals surface area (Å²) < 4.78 is 4.44. The van der Waals surface area contributed by atoms with Crippen molar-refractivity contribution < 1.29 is 19.4 Å². The van der Waals surface area contributed by atoms with Gasteiger partial charge in [-0.15, -0.1) is 0 Å². The fourth-order valence-electron chi connectivity index (χ4n) is 2.09. The first-order valence-corrected chi connectivity index (χ1v) is 6.01. The number of ketones is 1. The zero-order valence-corrected chi connectivity index (χ0v) is 10.6. The predicted octanol–water partition coefficient (Wildman–Crippen LogP) is 1.45. The molecule has 0 bridgehead atoms. The highest BCUT2D eigenvalue weighted by molar-refractivity contribution is 6.43. The first-order valence-electron chi connectivity index (χ1n) is 6.01. The largest absolute Gasteiger partial charge is 0.463 e. The first-order chi connectivity index (χ1) is 9.19. The number of aliphatic hydroxyl groups is 1. The number of Topliss-reactive ketones (excluding diaryl/α,β-unsaturated/α-hetero) is 1. The van der Waals surface area contributed by atoms with Crippen LogP contribution in [0.4, 0.5) is 0 Å². The van der Waals surface area contributed by atoms with Crippen molar-refractivity contribution in [2.75, 3.05) is 13.7 Å². The minimum atomic E-state index is -0.873. The molecule has 0 atom stereocenters. The number of aromatic nitrogens is 1. The minimum absolute atomic E-state index is 0.116. The molecule has 100 valence electrons. The summed E-state index contributed by atoms with van der Waals surface area (Å²) in [6.45, 7) is 0.116. The lowest BCUT2D eigenvalue weighted by atomic mass is 10.0. The molecule has 1 aromatic heterocycles. The third-order valence-corrected chi connectivity index (χ3v) is 3.02. The molecule has 0 saturated heterocycles. The van der Waals surface area contributed by atoms with Crippen molar-refractivity contribution in [3.63, 3.8) is 0 Å². The van der Waals surface area contributed by atoms with Gasteiger partial charge in [0, 0.05) is 23.7 Å². The number of aryl methyl sites for hydroxylation is 1. The lowest BCUT2D eigenvalue weighted by molar-refractivity contribution is -0.135. The summed E-state index contributed by atoms with van der Waals surface area (Å²) in [5.74, 6) is -1.53. The van der Waals surface area contributed by atoms with Gasteiger partial charge in [0.15, 0.2) is 0 Å². The molecule has 0 aliphatic heterocycles. The number of hydrogen-bond donors (Lipinski definition) is 2. The third kappa shape index (κ3) is 2.51. The molecular formula is C14H15NO4. The summed E-state index contributed by atoms with van der Waals surface area (Å²) in [5, 5.41) is 9.57. The number of para-hydroxylation sites is 1. The number of ether oxygens (including phenoxy) is 1. The number of carbonyl (C=O) groups is 2. The topological polar surface area (TPSA) is 79.4 Å². The fourth-order valence-corrected chi connectivity index (χ4v) is 2.09.